The Bertz CT molecular complexity index is 1590. The molecule has 1 aromatic heterocycles. The lowest BCUT2D eigenvalue weighted by Crippen LogP contribution is -2.53. The number of anilines is 1. The fraction of sp³-hybridized carbons (Fsp3) is 0.364. The number of nitrogens with one attached hydrogen (secondary N) is 2. The van der Waals surface area contributed by atoms with Crippen LogP contribution in [0.2, 0.25) is 0 Å². The number of hydrogen-bond donors (Lipinski definition) is 2. The highest BCUT2D eigenvalue weighted by Crippen LogP contribution is 2.33. The maximum atomic E-state index is 13.0. The van der Waals surface area contributed by atoms with Gasteiger partial charge < -0.3 is 20.3 Å². The van der Waals surface area contributed by atoms with Gasteiger partial charge >= 0.3 is 12.4 Å². The van der Waals surface area contributed by atoms with E-state index in [9.17, 15) is 18.0 Å². The van der Waals surface area contributed by atoms with Crippen molar-refractivity contribution in [3.05, 3.63) is 89.2 Å². The Morgan fingerprint density at radius 3 is 2.42 bits per heavy atom. The minimum Gasteiger partial charge on any atom is -0.406 e. The van der Waals surface area contributed by atoms with Gasteiger partial charge in [-0.25, -0.2) is 14.5 Å². The molecule has 0 radical (unpaired) electrons. The summed E-state index contributed by atoms with van der Waals surface area (Å²) in [5.41, 5.74) is 7.24. The lowest BCUT2D eigenvalue weighted by atomic mass is 10.0. The number of alkyl halides is 3. The number of urea groups is 1. The number of aryl methyl sites for hydroxylation is 4. The van der Waals surface area contributed by atoms with Crippen molar-refractivity contribution in [2.75, 3.05) is 17.2 Å². The average Bonchev–Trinajstić information content (AvgIpc) is 3.47. The number of benzene rings is 3. The Balaban J connectivity index is 1.12. The molecule has 2 N–H and O–H groups in total. The first-order valence-electron chi connectivity index (χ1n) is 14.9. The molecule has 12 heteroatoms. The van der Waals surface area contributed by atoms with Gasteiger partial charge in [0.15, 0.2) is 11.3 Å². The van der Waals surface area contributed by atoms with E-state index in [4.69, 9.17) is 0 Å². The van der Waals surface area contributed by atoms with Gasteiger partial charge in [-0.1, -0.05) is 42.0 Å². The third-order valence-corrected chi connectivity index (χ3v) is 8.77. The van der Waals surface area contributed by atoms with Crippen LogP contribution >= 0.6 is 11.8 Å². The molecular formula is C33H37F3N6O2S. The molecule has 1 fully saturated rings. The van der Waals surface area contributed by atoms with Crippen molar-refractivity contribution in [3.63, 3.8) is 0 Å². The molecule has 2 atom stereocenters. The number of carbonyl (C=O) groups excluding carboxylic acids is 1. The van der Waals surface area contributed by atoms with E-state index in [2.05, 4.69) is 63.3 Å². The molecule has 0 bridgehead atoms. The summed E-state index contributed by atoms with van der Waals surface area (Å²) >= 11 is 1.76. The van der Waals surface area contributed by atoms with Gasteiger partial charge in [-0.05, 0) is 93.7 Å². The molecule has 1 aliphatic heterocycles. The molecule has 8 nitrogen and oxygen atoms in total. The average molecular weight is 639 g/mol. The summed E-state index contributed by atoms with van der Waals surface area (Å²) < 4.78 is 42.7. The fourth-order valence-corrected chi connectivity index (χ4v) is 6.69. The van der Waals surface area contributed by atoms with Crippen LogP contribution in [0, 0.1) is 20.8 Å². The molecule has 238 valence electrons. The molecule has 0 saturated carbocycles. The Morgan fingerprint density at radius 2 is 1.76 bits per heavy atom. The highest BCUT2D eigenvalue weighted by atomic mass is 32.2. The van der Waals surface area contributed by atoms with Gasteiger partial charge in [0.25, 0.3) is 0 Å². The number of aromatic nitrogens is 3. The standard InChI is InChI=1S/C33H37F3N6O2S/c1-21-18-22(2)29(23(3)19-21)41-16-5-17-45-32(41)39-31(43)38-24(4)6-7-25-8-10-26(11-9-25)30-37-20-42(40-30)27-12-14-28(15-13-27)44-33(34,35)36/h8-15,18-20,24,32H,5-7,16-17H2,1-4H3,(H2,38,39,43). The minimum absolute atomic E-state index is 0.0279. The number of hydrogen-bond acceptors (Lipinski definition) is 6. The van der Waals surface area contributed by atoms with Crippen LogP contribution in [0.15, 0.2) is 67.0 Å². The van der Waals surface area contributed by atoms with E-state index in [0.717, 1.165) is 42.7 Å². The summed E-state index contributed by atoms with van der Waals surface area (Å²) in [6.07, 6.45) is -0.612. The lowest BCUT2D eigenvalue weighted by molar-refractivity contribution is -0.274. The SMILES string of the molecule is Cc1cc(C)c(N2CCCSC2NC(=O)NC(C)CCc2ccc(-c3ncn(-c4ccc(OC(F)(F)F)cc4)n3)cc2)c(C)c1. The molecular weight excluding hydrogens is 601 g/mol. The first-order valence-corrected chi connectivity index (χ1v) is 15.9. The second-order valence-corrected chi connectivity index (χ2v) is 12.5. The van der Waals surface area contributed by atoms with Crippen LogP contribution in [0.1, 0.15) is 42.0 Å². The van der Waals surface area contributed by atoms with Gasteiger partial charge in [-0.3, -0.25) is 0 Å². The smallest absolute Gasteiger partial charge is 0.406 e. The zero-order valence-electron chi connectivity index (χ0n) is 25.7. The summed E-state index contributed by atoms with van der Waals surface area (Å²) in [7, 11) is 0. The summed E-state index contributed by atoms with van der Waals surface area (Å²) in [5.74, 6) is 1.20. The monoisotopic (exact) mass is 638 g/mol. The van der Waals surface area contributed by atoms with Crippen LogP contribution in [0.5, 0.6) is 5.75 Å². The fourth-order valence-electron chi connectivity index (χ4n) is 5.58. The van der Waals surface area contributed by atoms with Crippen LogP contribution in [0.3, 0.4) is 0 Å². The van der Waals surface area contributed by atoms with Gasteiger partial charge in [-0.2, -0.15) is 0 Å². The van der Waals surface area contributed by atoms with E-state index in [1.54, 1.807) is 11.8 Å². The molecule has 0 spiro atoms. The molecule has 2 amide bonds. The summed E-state index contributed by atoms with van der Waals surface area (Å²) in [6, 6.07) is 17.5. The van der Waals surface area contributed by atoms with Crippen LogP contribution in [-0.4, -0.2) is 51.0 Å². The van der Waals surface area contributed by atoms with Gasteiger partial charge in [-0.15, -0.1) is 30.0 Å². The zero-order valence-corrected chi connectivity index (χ0v) is 26.5. The van der Waals surface area contributed by atoms with Crippen molar-refractivity contribution in [2.24, 2.45) is 0 Å². The topological polar surface area (TPSA) is 84.3 Å². The zero-order chi connectivity index (χ0) is 32.1. The third-order valence-electron chi connectivity index (χ3n) is 7.56. The molecule has 1 aliphatic rings. The lowest BCUT2D eigenvalue weighted by Gasteiger charge is -2.39. The van der Waals surface area contributed by atoms with Crippen molar-refractivity contribution < 1.29 is 22.7 Å². The van der Waals surface area contributed by atoms with Gasteiger partial charge in [0.1, 0.15) is 12.1 Å². The van der Waals surface area contributed by atoms with Crippen molar-refractivity contribution in [1.29, 1.82) is 0 Å². The number of ether oxygens (including phenoxy) is 1. The number of rotatable bonds is 9. The first-order chi connectivity index (χ1) is 21.4. The maximum Gasteiger partial charge on any atom is 0.573 e. The Kier molecular flexibility index (Phi) is 9.91. The van der Waals surface area contributed by atoms with E-state index in [-0.39, 0.29) is 23.3 Å². The van der Waals surface area contributed by atoms with Crippen molar-refractivity contribution in [1.82, 2.24) is 25.4 Å². The van der Waals surface area contributed by atoms with Crippen LogP contribution in [-0.2, 0) is 6.42 Å². The Morgan fingerprint density at radius 1 is 1.07 bits per heavy atom. The molecule has 1 saturated heterocycles. The van der Waals surface area contributed by atoms with Crippen molar-refractivity contribution in [3.8, 4) is 22.8 Å². The van der Waals surface area contributed by atoms with Gasteiger partial charge in [0.2, 0.25) is 0 Å². The van der Waals surface area contributed by atoms with E-state index in [1.807, 2.05) is 31.2 Å². The Hall–Kier alpha value is -4.19. The predicted octanol–water partition coefficient (Wildman–Crippen LogP) is 7.31. The second kappa shape index (κ2) is 13.8. The minimum atomic E-state index is -4.74. The van der Waals surface area contributed by atoms with Crippen LogP contribution < -0.4 is 20.3 Å². The molecule has 2 unspecified atom stereocenters. The van der Waals surface area contributed by atoms with Crippen LogP contribution in [0.25, 0.3) is 17.1 Å². The predicted molar refractivity (Wildman–Crippen MR) is 172 cm³/mol. The largest absolute Gasteiger partial charge is 0.573 e. The maximum absolute atomic E-state index is 13.0. The second-order valence-electron chi connectivity index (χ2n) is 11.3. The first kappa shape index (κ1) is 32.2. The van der Waals surface area contributed by atoms with E-state index < -0.39 is 6.36 Å². The van der Waals surface area contributed by atoms with Gasteiger partial charge in [0, 0.05) is 23.8 Å². The van der Waals surface area contributed by atoms with Crippen molar-refractivity contribution in [2.45, 2.75) is 64.9 Å². The quantitative estimate of drug-likeness (QED) is 0.200. The molecule has 5 rings (SSSR count). The summed E-state index contributed by atoms with van der Waals surface area (Å²) in [4.78, 5) is 19.6. The Labute approximate surface area is 265 Å². The number of nitrogens with zero attached hydrogens (tertiary/aromatic N) is 4. The molecule has 45 heavy (non-hydrogen) atoms. The number of thioether (sulfide) groups is 1. The normalized spacial score (nSPS) is 15.9. The number of halogens is 3. The molecule has 0 aliphatic carbocycles. The summed E-state index contributed by atoms with van der Waals surface area (Å²) in [6.45, 7) is 9.28. The van der Waals surface area contributed by atoms with Crippen molar-refractivity contribution >= 4 is 23.5 Å². The molecule has 4 aromatic rings. The van der Waals surface area contributed by atoms with Gasteiger partial charge in [0.05, 0.1) is 5.69 Å². The van der Waals surface area contributed by atoms with E-state index in [0.29, 0.717) is 11.5 Å². The highest BCUT2D eigenvalue weighted by Gasteiger charge is 2.31. The molecule has 2 heterocycles. The van der Waals surface area contributed by atoms with E-state index in [1.165, 1.54) is 57.7 Å². The molecule has 3 aromatic carbocycles. The van der Waals surface area contributed by atoms with E-state index >= 15 is 0 Å². The van der Waals surface area contributed by atoms with Crippen LogP contribution in [0.4, 0.5) is 23.7 Å². The highest BCUT2D eigenvalue weighted by molar-refractivity contribution is 8.00. The number of amides is 2. The summed E-state index contributed by atoms with van der Waals surface area (Å²) in [5, 5.41) is 10.8. The third kappa shape index (κ3) is 8.50. The number of carbonyl (C=O) groups is 1.